The van der Waals surface area contributed by atoms with Gasteiger partial charge in [-0.1, -0.05) is 42.5 Å². The molecule has 41 heavy (non-hydrogen) atoms. The van der Waals surface area contributed by atoms with Gasteiger partial charge in [-0.3, -0.25) is 4.40 Å². The van der Waals surface area contributed by atoms with Gasteiger partial charge in [0.2, 0.25) is 0 Å². The summed E-state index contributed by atoms with van der Waals surface area (Å²) in [6.45, 7) is 1.94. The lowest BCUT2D eigenvalue weighted by Crippen LogP contribution is -2.20. The largest absolute Gasteiger partial charge is 0.416 e. The van der Waals surface area contributed by atoms with Crippen LogP contribution < -0.4 is 16.4 Å². The van der Waals surface area contributed by atoms with Crippen LogP contribution in [0.2, 0.25) is 0 Å². The second-order valence-corrected chi connectivity index (χ2v) is 10.1. The predicted molar refractivity (Wildman–Crippen MR) is 156 cm³/mol. The van der Waals surface area contributed by atoms with E-state index in [9.17, 15) is 18.0 Å². The second kappa shape index (κ2) is 10.3. The summed E-state index contributed by atoms with van der Waals surface area (Å²) in [4.78, 5) is 22.2. The normalized spacial score (nSPS) is 13.8. The van der Waals surface area contributed by atoms with Crippen LogP contribution >= 0.6 is 0 Å². The first kappa shape index (κ1) is 26.4. The van der Waals surface area contributed by atoms with Gasteiger partial charge in [-0.25, -0.2) is 14.8 Å². The summed E-state index contributed by atoms with van der Waals surface area (Å²) in [5, 5.41) is 6.83. The highest BCUT2D eigenvalue weighted by Gasteiger charge is 2.30. The average molecular weight is 557 g/mol. The fraction of sp³-hybridized carbons (Fsp3) is 0.194. The number of aromatic nitrogens is 3. The molecule has 4 N–H and O–H groups in total. The van der Waals surface area contributed by atoms with Gasteiger partial charge in [-0.15, -0.1) is 0 Å². The lowest BCUT2D eigenvalue weighted by molar-refractivity contribution is -0.137. The minimum absolute atomic E-state index is 0.0325. The van der Waals surface area contributed by atoms with Crippen LogP contribution in [0.15, 0.2) is 72.9 Å². The number of allylic oxidation sites excluding steroid dienone is 2. The van der Waals surface area contributed by atoms with E-state index < -0.39 is 17.8 Å². The van der Waals surface area contributed by atoms with E-state index in [4.69, 9.17) is 10.7 Å². The van der Waals surface area contributed by atoms with Gasteiger partial charge >= 0.3 is 12.2 Å². The summed E-state index contributed by atoms with van der Waals surface area (Å²) in [7, 11) is 0. The Kier molecular flexibility index (Phi) is 6.61. The summed E-state index contributed by atoms with van der Waals surface area (Å²) in [6.07, 6.45) is 3.86. The number of benzene rings is 3. The van der Waals surface area contributed by atoms with Crippen molar-refractivity contribution in [2.45, 2.75) is 38.8 Å². The molecular formula is C31H27F3N6O. The number of nitrogens with two attached hydrogens (primary N) is 1. The molecule has 208 valence electrons. The number of amides is 2. The first-order valence-corrected chi connectivity index (χ1v) is 13.3. The molecule has 0 bridgehead atoms. The number of aryl methyl sites for hydroxylation is 1. The van der Waals surface area contributed by atoms with Crippen LogP contribution in [0.5, 0.6) is 0 Å². The monoisotopic (exact) mass is 556 g/mol. The number of rotatable bonds is 4. The third-order valence-corrected chi connectivity index (χ3v) is 7.35. The Labute approximate surface area is 233 Å². The van der Waals surface area contributed by atoms with Crippen molar-refractivity contribution in [3.63, 3.8) is 0 Å². The number of hydrogen-bond acceptors (Lipinski definition) is 4. The number of anilines is 3. The molecule has 0 radical (unpaired) electrons. The van der Waals surface area contributed by atoms with E-state index in [1.165, 1.54) is 24.1 Å². The number of imidazole rings is 1. The average Bonchev–Trinajstić information content (AvgIpc) is 3.31. The fourth-order valence-electron chi connectivity index (χ4n) is 5.47. The number of nitrogen functional groups attached to an aromatic ring is 1. The van der Waals surface area contributed by atoms with Gasteiger partial charge in [0.15, 0.2) is 0 Å². The highest BCUT2D eigenvalue weighted by molar-refractivity contribution is 6.11. The first-order valence-electron chi connectivity index (χ1n) is 13.3. The molecule has 0 atom stereocenters. The zero-order valence-corrected chi connectivity index (χ0v) is 22.2. The summed E-state index contributed by atoms with van der Waals surface area (Å²) >= 11 is 0. The van der Waals surface area contributed by atoms with Crippen LogP contribution in [0.3, 0.4) is 0 Å². The van der Waals surface area contributed by atoms with E-state index in [1.54, 1.807) is 6.07 Å². The number of urea groups is 1. The molecule has 3 aromatic carbocycles. The van der Waals surface area contributed by atoms with E-state index in [1.807, 2.05) is 43.5 Å². The predicted octanol–water partition coefficient (Wildman–Crippen LogP) is 8.06. The summed E-state index contributed by atoms with van der Waals surface area (Å²) in [6, 6.07) is 15.0. The molecule has 0 fully saturated rings. The van der Waals surface area contributed by atoms with Crippen LogP contribution in [0.1, 0.15) is 42.8 Å². The van der Waals surface area contributed by atoms with Crippen LogP contribution in [-0.4, -0.2) is 20.4 Å². The molecule has 1 aliphatic carbocycles. The van der Waals surface area contributed by atoms with E-state index in [0.29, 0.717) is 17.2 Å². The number of fused-ring (bicyclic) bond motifs is 2. The molecule has 5 aromatic rings. The van der Waals surface area contributed by atoms with Crippen LogP contribution in [0.4, 0.5) is 35.2 Å². The molecule has 10 heteroatoms. The van der Waals surface area contributed by atoms with E-state index >= 15 is 0 Å². The smallest absolute Gasteiger partial charge is 0.382 e. The van der Waals surface area contributed by atoms with Crippen molar-refractivity contribution in [2.24, 2.45) is 0 Å². The number of alkyl halides is 3. The fourth-order valence-corrected chi connectivity index (χ4v) is 5.47. The maximum absolute atomic E-state index is 13.1. The summed E-state index contributed by atoms with van der Waals surface area (Å²) in [5.41, 5.74) is 10.6. The third kappa shape index (κ3) is 4.97. The SMILES string of the molecule is Cc1nc(-c2ccc(NC(=O)Nc3cccc(C(F)(F)F)c3)c3ccccc23)c2c(N)ncc(C3=CCCCC3)n12. The lowest BCUT2D eigenvalue weighted by Gasteiger charge is -2.16. The Morgan fingerprint density at radius 2 is 1.80 bits per heavy atom. The van der Waals surface area contributed by atoms with Crippen molar-refractivity contribution in [3.05, 3.63) is 90.0 Å². The topological polar surface area (TPSA) is 97.3 Å². The van der Waals surface area contributed by atoms with E-state index in [-0.39, 0.29) is 5.69 Å². The van der Waals surface area contributed by atoms with Crippen molar-refractivity contribution < 1.29 is 18.0 Å². The molecule has 0 saturated heterocycles. The number of nitrogens with one attached hydrogen (secondary N) is 2. The zero-order valence-electron chi connectivity index (χ0n) is 22.2. The number of carbonyl (C=O) groups is 1. The van der Waals surface area contributed by atoms with Gasteiger partial charge in [-0.05, 0) is 67.8 Å². The quantitative estimate of drug-likeness (QED) is 0.209. The highest BCUT2D eigenvalue weighted by atomic mass is 19.4. The molecular weight excluding hydrogens is 529 g/mol. The Balaban J connectivity index is 1.38. The molecule has 1 aliphatic rings. The highest BCUT2D eigenvalue weighted by Crippen LogP contribution is 2.38. The summed E-state index contributed by atoms with van der Waals surface area (Å²) < 4.78 is 41.4. The molecule has 0 spiro atoms. The maximum Gasteiger partial charge on any atom is 0.416 e. The Hall–Kier alpha value is -4.86. The number of carbonyl (C=O) groups excluding carboxylic acids is 1. The Morgan fingerprint density at radius 3 is 2.56 bits per heavy atom. The van der Waals surface area contributed by atoms with E-state index in [0.717, 1.165) is 64.8 Å². The summed E-state index contributed by atoms with van der Waals surface area (Å²) in [5.74, 6) is 1.16. The Bertz CT molecular complexity index is 1840. The van der Waals surface area contributed by atoms with Crippen LogP contribution in [0.25, 0.3) is 33.1 Å². The number of nitrogens with zero attached hydrogens (tertiary/aromatic N) is 3. The van der Waals surface area contributed by atoms with Crippen LogP contribution in [-0.2, 0) is 6.18 Å². The van der Waals surface area contributed by atoms with Gasteiger partial charge in [0.1, 0.15) is 22.9 Å². The van der Waals surface area contributed by atoms with Gasteiger partial charge < -0.3 is 16.4 Å². The van der Waals surface area contributed by atoms with Crippen LogP contribution in [0, 0.1) is 6.92 Å². The number of halogens is 3. The Morgan fingerprint density at radius 1 is 1.00 bits per heavy atom. The molecule has 0 aliphatic heterocycles. The molecule has 2 amide bonds. The van der Waals surface area contributed by atoms with Crippen molar-refractivity contribution >= 4 is 45.1 Å². The third-order valence-electron chi connectivity index (χ3n) is 7.35. The van der Waals surface area contributed by atoms with Gasteiger partial charge in [-0.2, -0.15) is 13.2 Å². The van der Waals surface area contributed by atoms with Crippen molar-refractivity contribution in [2.75, 3.05) is 16.4 Å². The van der Waals surface area contributed by atoms with Gasteiger partial charge in [0.25, 0.3) is 0 Å². The molecule has 7 nitrogen and oxygen atoms in total. The lowest BCUT2D eigenvalue weighted by atomic mass is 9.97. The van der Waals surface area contributed by atoms with Crippen molar-refractivity contribution in [1.29, 1.82) is 0 Å². The first-order chi connectivity index (χ1) is 19.7. The standard InChI is InChI=1S/C31H27F3N6O/c1-18-37-27(28-29(35)36-17-26(40(18)28)19-8-3-2-4-9-19)24-14-15-25(23-13-6-5-12-22(23)24)39-30(41)38-21-11-7-10-20(16-21)31(32,33)34/h5-8,10-17H,2-4,9H2,1H3,(H2,35,36)(H2,38,39,41). The maximum atomic E-state index is 13.1. The minimum atomic E-state index is -4.51. The van der Waals surface area contributed by atoms with E-state index in [2.05, 4.69) is 26.1 Å². The molecule has 0 unspecified atom stereocenters. The second-order valence-electron chi connectivity index (χ2n) is 10.1. The zero-order chi connectivity index (χ0) is 28.7. The molecule has 2 heterocycles. The van der Waals surface area contributed by atoms with Crippen molar-refractivity contribution in [1.82, 2.24) is 14.4 Å². The van der Waals surface area contributed by atoms with Gasteiger partial charge in [0, 0.05) is 16.6 Å². The molecule has 2 aromatic heterocycles. The van der Waals surface area contributed by atoms with Gasteiger partial charge in [0.05, 0.1) is 23.1 Å². The molecule has 0 saturated carbocycles. The number of hydrogen-bond donors (Lipinski definition) is 3. The molecule has 6 rings (SSSR count). The minimum Gasteiger partial charge on any atom is -0.382 e. The van der Waals surface area contributed by atoms with Crippen molar-refractivity contribution in [3.8, 4) is 11.3 Å².